The van der Waals surface area contributed by atoms with Gasteiger partial charge in [-0.15, -0.1) is 0 Å². The number of nitrogens with two attached hydrogens (primary N) is 1. The Morgan fingerprint density at radius 3 is 2.74 bits per heavy atom. The van der Waals surface area contributed by atoms with Crippen molar-refractivity contribution in [1.29, 1.82) is 0 Å². The van der Waals surface area contributed by atoms with Crippen molar-refractivity contribution in [2.45, 2.75) is 45.1 Å². The lowest BCUT2D eigenvalue weighted by Crippen LogP contribution is -2.51. The van der Waals surface area contributed by atoms with E-state index >= 15 is 0 Å². The number of rotatable bonds is 3. The highest BCUT2D eigenvalue weighted by Crippen LogP contribution is 2.38. The van der Waals surface area contributed by atoms with E-state index in [1.165, 1.54) is 18.4 Å². The lowest BCUT2D eigenvalue weighted by molar-refractivity contribution is 0.163. The zero-order valence-corrected chi connectivity index (χ0v) is 13.7. The van der Waals surface area contributed by atoms with Gasteiger partial charge in [-0.05, 0) is 71.1 Å². The molecule has 1 aromatic carbocycles. The summed E-state index contributed by atoms with van der Waals surface area (Å²) in [5, 5.41) is 0. The van der Waals surface area contributed by atoms with E-state index in [0.717, 1.165) is 29.0 Å². The highest BCUT2D eigenvalue weighted by atomic mass is 79.9. The van der Waals surface area contributed by atoms with Gasteiger partial charge in [0.05, 0.1) is 11.6 Å². The third-order valence-corrected chi connectivity index (χ3v) is 5.21. The zero-order chi connectivity index (χ0) is 14.0. The molecule has 0 aromatic heterocycles. The van der Waals surface area contributed by atoms with Gasteiger partial charge in [0, 0.05) is 5.54 Å². The predicted molar refractivity (Wildman–Crippen MR) is 83.5 cm³/mol. The minimum absolute atomic E-state index is 0.0550. The van der Waals surface area contributed by atoms with E-state index in [1.807, 2.05) is 6.07 Å². The monoisotopic (exact) mass is 325 g/mol. The Morgan fingerprint density at radius 1 is 1.42 bits per heavy atom. The lowest BCUT2D eigenvalue weighted by atomic mass is 9.68. The standard InChI is InChI=1S/C16H24BrNO/c1-11-6-7-16(18,12(2)8-11)10-13-4-5-15(19-3)14(17)9-13/h4-5,9,11-12H,6-8,10,18H2,1-3H3. The molecule has 3 atom stereocenters. The van der Waals surface area contributed by atoms with Gasteiger partial charge in [-0.3, -0.25) is 0 Å². The summed E-state index contributed by atoms with van der Waals surface area (Å²) in [7, 11) is 1.69. The zero-order valence-electron chi connectivity index (χ0n) is 12.1. The molecule has 0 radical (unpaired) electrons. The highest BCUT2D eigenvalue weighted by molar-refractivity contribution is 9.10. The maximum atomic E-state index is 6.67. The molecule has 0 amide bonds. The summed E-state index contributed by atoms with van der Waals surface area (Å²) in [5.74, 6) is 2.27. The van der Waals surface area contributed by atoms with E-state index in [-0.39, 0.29) is 5.54 Å². The normalized spacial score (nSPS) is 31.2. The number of methoxy groups -OCH3 is 1. The molecule has 0 heterocycles. The van der Waals surface area contributed by atoms with Gasteiger partial charge in [0.1, 0.15) is 5.75 Å². The molecule has 3 heteroatoms. The molecule has 0 aliphatic heterocycles. The van der Waals surface area contributed by atoms with E-state index in [0.29, 0.717) is 5.92 Å². The Balaban J connectivity index is 2.14. The molecule has 0 spiro atoms. The van der Waals surface area contributed by atoms with Crippen LogP contribution in [-0.4, -0.2) is 12.6 Å². The Morgan fingerprint density at radius 2 is 2.16 bits per heavy atom. The first-order chi connectivity index (χ1) is 8.94. The van der Waals surface area contributed by atoms with Crippen molar-refractivity contribution in [1.82, 2.24) is 0 Å². The smallest absolute Gasteiger partial charge is 0.133 e. The van der Waals surface area contributed by atoms with Crippen LogP contribution in [0.4, 0.5) is 0 Å². The first kappa shape index (κ1) is 14.9. The van der Waals surface area contributed by atoms with Crippen LogP contribution >= 0.6 is 15.9 Å². The summed E-state index contributed by atoms with van der Waals surface area (Å²) >= 11 is 3.55. The van der Waals surface area contributed by atoms with Crippen LogP contribution in [0.15, 0.2) is 22.7 Å². The Labute approximate surface area is 124 Å². The van der Waals surface area contributed by atoms with Gasteiger partial charge in [-0.1, -0.05) is 19.9 Å². The first-order valence-corrected chi connectivity index (χ1v) is 7.85. The quantitative estimate of drug-likeness (QED) is 0.905. The van der Waals surface area contributed by atoms with Crippen molar-refractivity contribution in [3.8, 4) is 5.75 Å². The van der Waals surface area contributed by atoms with Crippen molar-refractivity contribution >= 4 is 15.9 Å². The van der Waals surface area contributed by atoms with Crippen LogP contribution in [0.25, 0.3) is 0 Å². The molecule has 1 saturated carbocycles. The minimum atomic E-state index is -0.0550. The number of halogens is 1. The number of benzene rings is 1. The van der Waals surface area contributed by atoms with E-state index in [1.54, 1.807) is 7.11 Å². The molecule has 106 valence electrons. The Hall–Kier alpha value is -0.540. The summed E-state index contributed by atoms with van der Waals surface area (Å²) in [6, 6.07) is 6.28. The van der Waals surface area contributed by atoms with Gasteiger partial charge in [-0.25, -0.2) is 0 Å². The van der Waals surface area contributed by atoms with Crippen LogP contribution in [0.5, 0.6) is 5.75 Å². The molecule has 0 saturated heterocycles. The molecule has 1 aromatic rings. The van der Waals surface area contributed by atoms with Gasteiger partial charge in [-0.2, -0.15) is 0 Å². The van der Waals surface area contributed by atoms with Crippen molar-refractivity contribution in [2.24, 2.45) is 17.6 Å². The molecule has 2 rings (SSSR count). The second-order valence-corrected chi connectivity index (χ2v) is 7.01. The topological polar surface area (TPSA) is 35.2 Å². The van der Waals surface area contributed by atoms with Crippen molar-refractivity contribution in [3.05, 3.63) is 28.2 Å². The average molecular weight is 326 g/mol. The SMILES string of the molecule is COc1ccc(CC2(N)CCC(C)CC2C)cc1Br. The maximum Gasteiger partial charge on any atom is 0.133 e. The van der Waals surface area contributed by atoms with Crippen LogP contribution in [-0.2, 0) is 6.42 Å². The highest BCUT2D eigenvalue weighted by Gasteiger charge is 2.36. The van der Waals surface area contributed by atoms with E-state index < -0.39 is 0 Å². The summed E-state index contributed by atoms with van der Waals surface area (Å²) in [6.45, 7) is 4.63. The lowest BCUT2D eigenvalue weighted by Gasteiger charge is -2.42. The van der Waals surface area contributed by atoms with Gasteiger partial charge in [0.25, 0.3) is 0 Å². The molecule has 3 unspecified atom stereocenters. The summed E-state index contributed by atoms with van der Waals surface area (Å²) in [4.78, 5) is 0. The number of hydrogen-bond donors (Lipinski definition) is 1. The van der Waals surface area contributed by atoms with Crippen LogP contribution in [0.3, 0.4) is 0 Å². The molecule has 1 aliphatic carbocycles. The van der Waals surface area contributed by atoms with E-state index in [2.05, 4.69) is 41.9 Å². The molecule has 19 heavy (non-hydrogen) atoms. The van der Waals surface area contributed by atoms with Crippen LogP contribution in [0, 0.1) is 11.8 Å². The number of ether oxygens (including phenoxy) is 1. The third kappa shape index (κ3) is 3.32. The summed E-state index contributed by atoms with van der Waals surface area (Å²) < 4.78 is 6.28. The fraction of sp³-hybridized carbons (Fsp3) is 0.625. The first-order valence-electron chi connectivity index (χ1n) is 7.06. The van der Waals surface area contributed by atoms with Crippen LogP contribution < -0.4 is 10.5 Å². The van der Waals surface area contributed by atoms with Crippen molar-refractivity contribution in [3.63, 3.8) is 0 Å². The molecule has 0 bridgehead atoms. The molecular formula is C16H24BrNO. The third-order valence-electron chi connectivity index (χ3n) is 4.59. The average Bonchev–Trinajstić information content (AvgIpc) is 2.35. The van der Waals surface area contributed by atoms with E-state index in [4.69, 9.17) is 10.5 Å². The van der Waals surface area contributed by atoms with Crippen molar-refractivity contribution in [2.75, 3.05) is 7.11 Å². The van der Waals surface area contributed by atoms with Gasteiger partial charge in [0.2, 0.25) is 0 Å². The Bertz CT molecular complexity index is 448. The maximum absolute atomic E-state index is 6.67. The second kappa shape index (κ2) is 5.84. The van der Waals surface area contributed by atoms with Crippen molar-refractivity contribution < 1.29 is 4.74 Å². The molecule has 2 N–H and O–H groups in total. The second-order valence-electron chi connectivity index (χ2n) is 6.16. The fourth-order valence-corrected chi connectivity index (χ4v) is 3.77. The van der Waals surface area contributed by atoms with Crippen LogP contribution in [0.2, 0.25) is 0 Å². The fourth-order valence-electron chi connectivity index (χ4n) is 3.18. The largest absolute Gasteiger partial charge is 0.496 e. The molecule has 1 aliphatic rings. The molecular weight excluding hydrogens is 302 g/mol. The van der Waals surface area contributed by atoms with Gasteiger partial charge in [0.15, 0.2) is 0 Å². The van der Waals surface area contributed by atoms with Crippen LogP contribution in [0.1, 0.15) is 38.7 Å². The van der Waals surface area contributed by atoms with Gasteiger partial charge >= 0.3 is 0 Å². The Kier molecular flexibility index (Phi) is 4.57. The minimum Gasteiger partial charge on any atom is -0.496 e. The molecule has 2 nitrogen and oxygen atoms in total. The summed E-state index contributed by atoms with van der Waals surface area (Å²) in [5.41, 5.74) is 7.90. The summed E-state index contributed by atoms with van der Waals surface area (Å²) in [6.07, 6.45) is 4.56. The van der Waals surface area contributed by atoms with E-state index in [9.17, 15) is 0 Å². The van der Waals surface area contributed by atoms with Gasteiger partial charge < -0.3 is 10.5 Å². The predicted octanol–water partition coefficient (Wildman–Crippen LogP) is 4.15. The number of hydrogen-bond acceptors (Lipinski definition) is 2. The molecule has 1 fully saturated rings.